The Kier molecular flexibility index (Phi) is 3.59. The van der Waals surface area contributed by atoms with Gasteiger partial charge in [0.05, 0.1) is 6.61 Å². The van der Waals surface area contributed by atoms with Crippen LogP contribution >= 0.6 is 0 Å². The highest BCUT2D eigenvalue weighted by atomic mass is 16.8. The quantitative estimate of drug-likeness (QED) is 0.666. The first-order chi connectivity index (χ1) is 7.71. The zero-order valence-electron chi connectivity index (χ0n) is 9.17. The van der Waals surface area contributed by atoms with Crippen molar-refractivity contribution >= 4 is 6.29 Å². The van der Waals surface area contributed by atoms with Crippen molar-refractivity contribution < 1.29 is 24.5 Å². The van der Waals surface area contributed by atoms with E-state index < -0.39 is 24.1 Å². The second kappa shape index (κ2) is 4.79. The van der Waals surface area contributed by atoms with Crippen LogP contribution in [0.1, 0.15) is 32.1 Å². The fraction of sp³-hybridized carbons (Fsp3) is 0.909. The summed E-state index contributed by atoms with van der Waals surface area (Å²) in [5.74, 6) is -0.680. The molecule has 3 atom stereocenters. The van der Waals surface area contributed by atoms with Gasteiger partial charge in [-0.25, -0.2) is 0 Å². The molecule has 0 bridgehead atoms. The summed E-state index contributed by atoms with van der Waals surface area (Å²) in [5, 5.41) is 18.7. The van der Waals surface area contributed by atoms with Crippen LogP contribution in [0.4, 0.5) is 0 Å². The largest absolute Gasteiger partial charge is 0.394 e. The molecular weight excluding hydrogens is 212 g/mol. The molecule has 1 heterocycles. The summed E-state index contributed by atoms with van der Waals surface area (Å²) in [6, 6.07) is 0. The first-order valence-electron chi connectivity index (χ1n) is 5.81. The van der Waals surface area contributed by atoms with Crippen molar-refractivity contribution in [2.45, 2.75) is 56.2 Å². The minimum atomic E-state index is -1.22. The van der Waals surface area contributed by atoms with E-state index in [4.69, 9.17) is 14.6 Å². The molecule has 0 aromatic heterocycles. The minimum Gasteiger partial charge on any atom is -0.394 e. The van der Waals surface area contributed by atoms with Crippen LogP contribution in [-0.4, -0.2) is 47.2 Å². The van der Waals surface area contributed by atoms with Crippen molar-refractivity contribution in [1.82, 2.24) is 0 Å². The number of aldehydes is 1. The van der Waals surface area contributed by atoms with Crippen molar-refractivity contribution in [2.75, 3.05) is 6.61 Å². The number of hydrogen-bond donors (Lipinski definition) is 2. The number of rotatable bonds is 3. The molecule has 0 unspecified atom stereocenters. The standard InChI is InChI=1S/C11H18O5/c12-6-8(14)10-9(7-13)15-11(16-10)4-2-1-3-5-11/h6,8-10,13-14H,1-5,7H2/t8-,9-,10+/m1/s1. The minimum absolute atomic E-state index is 0.239. The van der Waals surface area contributed by atoms with Crippen LogP contribution in [0.25, 0.3) is 0 Å². The molecule has 0 aromatic rings. The van der Waals surface area contributed by atoms with E-state index in [9.17, 15) is 9.90 Å². The highest BCUT2D eigenvalue weighted by molar-refractivity contribution is 5.57. The zero-order valence-corrected chi connectivity index (χ0v) is 9.17. The second-order valence-corrected chi connectivity index (χ2v) is 4.52. The molecule has 2 rings (SSSR count). The summed E-state index contributed by atoms with van der Waals surface area (Å²) in [6.45, 7) is -0.239. The Morgan fingerprint density at radius 2 is 2.00 bits per heavy atom. The van der Waals surface area contributed by atoms with Gasteiger partial charge in [0.1, 0.15) is 18.3 Å². The van der Waals surface area contributed by atoms with Gasteiger partial charge < -0.3 is 24.5 Å². The third-order valence-electron chi connectivity index (χ3n) is 3.35. The molecule has 0 radical (unpaired) electrons. The van der Waals surface area contributed by atoms with E-state index in [0.717, 1.165) is 32.1 Å². The molecule has 1 aliphatic heterocycles. The molecule has 16 heavy (non-hydrogen) atoms. The monoisotopic (exact) mass is 230 g/mol. The molecule has 0 amide bonds. The summed E-state index contributed by atoms with van der Waals surface area (Å²) < 4.78 is 11.4. The van der Waals surface area contributed by atoms with Gasteiger partial charge in [-0.1, -0.05) is 6.42 Å². The number of carbonyl (C=O) groups is 1. The highest BCUT2D eigenvalue weighted by Crippen LogP contribution is 2.40. The molecular formula is C11H18O5. The van der Waals surface area contributed by atoms with Crippen LogP contribution in [0.2, 0.25) is 0 Å². The molecule has 5 heteroatoms. The Hall–Kier alpha value is -0.490. The lowest BCUT2D eigenvalue weighted by Gasteiger charge is -2.32. The van der Waals surface area contributed by atoms with E-state index in [1.165, 1.54) is 0 Å². The van der Waals surface area contributed by atoms with Gasteiger partial charge in [-0.05, 0) is 12.8 Å². The fourth-order valence-electron chi connectivity index (χ4n) is 2.53. The number of carbonyl (C=O) groups excluding carboxylic acids is 1. The SMILES string of the molecule is O=C[C@@H](O)[C@@H]1OC2(CCCCC2)O[C@@H]1CO. The zero-order chi connectivity index (χ0) is 11.6. The van der Waals surface area contributed by atoms with Crippen LogP contribution < -0.4 is 0 Å². The Morgan fingerprint density at radius 3 is 2.56 bits per heavy atom. The molecule has 0 aromatic carbocycles. The molecule has 2 N–H and O–H groups in total. The van der Waals surface area contributed by atoms with Crippen molar-refractivity contribution in [3.8, 4) is 0 Å². The molecule has 2 fully saturated rings. The smallest absolute Gasteiger partial charge is 0.169 e. The van der Waals surface area contributed by atoms with Crippen LogP contribution in [0, 0.1) is 0 Å². The predicted octanol–water partition coefficient (Wildman–Crippen LogP) is -0.0171. The van der Waals surface area contributed by atoms with E-state index in [2.05, 4.69) is 0 Å². The number of hydrogen-bond acceptors (Lipinski definition) is 5. The van der Waals surface area contributed by atoms with Crippen LogP contribution in [-0.2, 0) is 14.3 Å². The lowest BCUT2D eigenvalue weighted by atomic mass is 9.94. The average Bonchev–Trinajstić information content (AvgIpc) is 2.68. The summed E-state index contributed by atoms with van der Waals surface area (Å²) in [6.07, 6.45) is 2.59. The topological polar surface area (TPSA) is 76.0 Å². The molecule has 92 valence electrons. The van der Waals surface area contributed by atoms with Gasteiger partial charge in [0.25, 0.3) is 0 Å². The summed E-state index contributed by atoms with van der Waals surface area (Å²) in [5.41, 5.74) is 0. The fourth-order valence-corrected chi connectivity index (χ4v) is 2.53. The van der Waals surface area contributed by atoms with Gasteiger partial charge in [-0.2, -0.15) is 0 Å². The number of aliphatic hydroxyl groups is 2. The van der Waals surface area contributed by atoms with E-state index >= 15 is 0 Å². The van der Waals surface area contributed by atoms with E-state index in [1.54, 1.807) is 0 Å². The molecule has 1 saturated carbocycles. The Labute approximate surface area is 94.4 Å². The Morgan fingerprint density at radius 1 is 1.31 bits per heavy atom. The molecule has 1 aliphatic carbocycles. The highest BCUT2D eigenvalue weighted by Gasteiger charge is 2.49. The third kappa shape index (κ3) is 2.13. The lowest BCUT2D eigenvalue weighted by Crippen LogP contribution is -2.38. The summed E-state index contributed by atoms with van der Waals surface area (Å²) in [7, 11) is 0. The van der Waals surface area contributed by atoms with Gasteiger partial charge >= 0.3 is 0 Å². The van der Waals surface area contributed by atoms with Crippen LogP contribution in [0.5, 0.6) is 0 Å². The molecule has 2 aliphatic rings. The van der Waals surface area contributed by atoms with Crippen molar-refractivity contribution in [2.24, 2.45) is 0 Å². The predicted molar refractivity (Wildman–Crippen MR) is 54.7 cm³/mol. The lowest BCUT2D eigenvalue weighted by molar-refractivity contribution is -0.200. The maximum atomic E-state index is 10.6. The van der Waals surface area contributed by atoms with E-state index in [0.29, 0.717) is 6.29 Å². The molecule has 1 saturated heterocycles. The maximum Gasteiger partial charge on any atom is 0.169 e. The first kappa shape index (κ1) is 12.0. The van der Waals surface area contributed by atoms with Gasteiger partial charge in [0, 0.05) is 12.8 Å². The van der Waals surface area contributed by atoms with Gasteiger partial charge in [-0.15, -0.1) is 0 Å². The third-order valence-corrected chi connectivity index (χ3v) is 3.35. The van der Waals surface area contributed by atoms with Gasteiger partial charge in [0.15, 0.2) is 12.1 Å². The van der Waals surface area contributed by atoms with Crippen molar-refractivity contribution in [3.05, 3.63) is 0 Å². The molecule has 5 nitrogen and oxygen atoms in total. The van der Waals surface area contributed by atoms with Crippen molar-refractivity contribution in [3.63, 3.8) is 0 Å². The van der Waals surface area contributed by atoms with Crippen LogP contribution in [0.3, 0.4) is 0 Å². The van der Waals surface area contributed by atoms with Crippen LogP contribution in [0.15, 0.2) is 0 Å². The second-order valence-electron chi connectivity index (χ2n) is 4.52. The first-order valence-corrected chi connectivity index (χ1v) is 5.81. The van der Waals surface area contributed by atoms with E-state index in [-0.39, 0.29) is 6.61 Å². The van der Waals surface area contributed by atoms with E-state index in [1.807, 2.05) is 0 Å². The average molecular weight is 230 g/mol. The maximum absolute atomic E-state index is 10.6. The summed E-state index contributed by atoms with van der Waals surface area (Å²) in [4.78, 5) is 10.6. The number of ether oxygens (including phenoxy) is 2. The van der Waals surface area contributed by atoms with Gasteiger partial charge in [-0.3, -0.25) is 0 Å². The Bertz CT molecular complexity index is 249. The number of aliphatic hydroxyl groups excluding tert-OH is 2. The van der Waals surface area contributed by atoms with Crippen molar-refractivity contribution in [1.29, 1.82) is 0 Å². The summed E-state index contributed by atoms with van der Waals surface area (Å²) >= 11 is 0. The Balaban J connectivity index is 2.07. The van der Waals surface area contributed by atoms with Gasteiger partial charge in [0.2, 0.25) is 0 Å². The normalized spacial score (nSPS) is 35.1. The molecule has 1 spiro atoms.